The number of carbonyl (C=O) groups is 1. The molecule has 0 aromatic carbocycles. The second-order valence-corrected chi connectivity index (χ2v) is 11.1. The van der Waals surface area contributed by atoms with Crippen LogP contribution in [-0.2, 0) is 19.2 Å². The van der Waals surface area contributed by atoms with Gasteiger partial charge in [-0.2, -0.15) is 12.7 Å². The van der Waals surface area contributed by atoms with Gasteiger partial charge < -0.3 is 0 Å². The van der Waals surface area contributed by atoms with Crippen LogP contribution in [0.25, 0.3) is 0 Å². The molecule has 0 aliphatic heterocycles. The standard InChI is InChI=1S/C26H51NO4S/c1-4-5-6-7-8-9-10-11-12-13-14-15-16-17-18-19-20-21-22-25(2)24-32(29,30)31-27-26(3)23-28/h23,25,27H,3-22,24H2,1-2H3. The van der Waals surface area contributed by atoms with E-state index in [9.17, 15) is 13.2 Å². The Bertz CT molecular complexity index is 548. The van der Waals surface area contributed by atoms with E-state index in [0.29, 0.717) is 6.29 Å². The van der Waals surface area contributed by atoms with E-state index in [1.165, 1.54) is 103 Å². The Morgan fingerprint density at radius 1 is 0.781 bits per heavy atom. The summed E-state index contributed by atoms with van der Waals surface area (Å²) in [5, 5.41) is 0. The van der Waals surface area contributed by atoms with E-state index in [1.54, 1.807) is 0 Å². The second-order valence-electron chi connectivity index (χ2n) is 9.46. The largest absolute Gasteiger partial charge is 0.296 e. The summed E-state index contributed by atoms with van der Waals surface area (Å²) in [6, 6.07) is 0. The summed E-state index contributed by atoms with van der Waals surface area (Å²) >= 11 is 0. The SMILES string of the molecule is C=C(C=O)NOS(=O)(=O)CC(C)CCCCCCCCCCCCCCCCCCCC. The third-order valence-electron chi connectivity index (χ3n) is 5.98. The van der Waals surface area contributed by atoms with Crippen LogP contribution in [0.4, 0.5) is 0 Å². The quantitative estimate of drug-likeness (QED) is 0.0639. The number of aldehydes is 1. The minimum atomic E-state index is -3.69. The number of hydrogen-bond donors (Lipinski definition) is 1. The van der Waals surface area contributed by atoms with E-state index in [0.717, 1.165) is 19.3 Å². The summed E-state index contributed by atoms with van der Waals surface area (Å²) in [6.07, 6.45) is 25.6. The maximum Gasteiger partial charge on any atom is 0.288 e. The normalized spacial score (nSPS) is 12.6. The summed E-state index contributed by atoms with van der Waals surface area (Å²) < 4.78 is 28.2. The van der Waals surface area contributed by atoms with Gasteiger partial charge in [0.2, 0.25) is 0 Å². The fourth-order valence-electron chi connectivity index (χ4n) is 4.00. The monoisotopic (exact) mass is 473 g/mol. The molecule has 0 spiro atoms. The van der Waals surface area contributed by atoms with Crippen LogP contribution in [0, 0.1) is 5.92 Å². The third-order valence-corrected chi connectivity index (χ3v) is 7.30. The van der Waals surface area contributed by atoms with Gasteiger partial charge in [-0.15, -0.1) is 0 Å². The Kier molecular flexibility index (Phi) is 21.3. The van der Waals surface area contributed by atoms with Gasteiger partial charge in [0.05, 0.1) is 11.4 Å². The van der Waals surface area contributed by atoms with E-state index in [4.69, 9.17) is 0 Å². The highest BCUT2D eigenvalue weighted by Crippen LogP contribution is 2.16. The van der Waals surface area contributed by atoms with Gasteiger partial charge in [-0.1, -0.05) is 136 Å². The Balaban J connectivity index is 3.36. The number of allylic oxidation sites excluding steroid dienone is 1. The molecule has 6 heteroatoms. The number of hydrogen-bond acceptors (Lipinski definition) is 5. The van der Waals surface area contributed by atoms with Crippen molar-refractivity contribution in [2.45, 2.75) is 136 Å². The number of carbonyl (C=O) groups excluding carboxylic acids is 1. The molecular formula is C26H51NO4S. The molecule has 0 rings (SSSR count). The Morgan fingerprint density at radius 2 is 1.16 bits per heavy atom. The molecule has 0 saturated heterocycles. The molecule has 32 heavy (non-hydrogen) atoms. The van der Waals surface area contributed by atoms with Crippen LogP contribution < -0.4 is 5.48 Å². The highest BCUT2D eigenvalue weighted by molar-refractivity contribution is 7.86. The molecule has 0 radical (unpaired) electrons. The van der Waals surface area contributed by atoms with Gasteiger partial charge in [-0.25, -0.2) is 5.48 Å². The average molecular weight is 474 g/mol. The molecule has 5 nitrogen and oxygen atoms in total. The van der Waals surface area contributed by atoms with Crippen LogP contribution in [0.15, 0.2) is 12.3 Å². The molecule has 0 aromatic rings. The Morgan fingerprint density at radius 3 is 1.53 bits per heavy atom. The van der Waals surface area contributed by atoms with Crippen LogP contribution in [0.5, 0.6) is 0 Å². The van der Waals surface area contributed by atoms with Gasteiger partial charge in [0.15, 0.2) is 6.29 Å². The molecule has 0 aliphatic rings. The minimum Gasteiger partial charge on any atom is -0.296 e. The van der Waals surface area contributed by atoms with Gasteiger partial charge in [0.25, 0.3) is 10.1 Å². The molecule has 1 N–H and O–H groups in total. The zero-order valence-corrected chi connectivity index (χ0v) is 21.9. The van der Waals surface area contributed by atoms with Crippen LogP contribution in [-0.4, -0.2) is 20.5 Å². The molecule has 0 bridgehead atoms. The highest BCUT2D eigenvalue weighted by atomic mass is 32.2. The van der Waals surface area contributed by atoms with Crippen molar-refractivity contribution in [2.75, 3.05) is 5.75 Å². The first-order valence-electron chi connectivity index (χ1n) is 13.2. The fraction of sp³-hybridized carbons (Fsp3) is 0.885. The highest BCUT2D eigenvalue weighted by Gasteiger charge is 2.17. The Labute approximate surface area is 199 Å². The van der Waals surface area contributed by atoms with Gasteiger partial charge in [-0.05, 0) is 12.3 Å². The number of rotatable bonds is 25. The summed E-state index contributed by atoms with van der Waals surface area (Å²) in [5.74, 6) is -0.0159. The minimum absolute atomic E-state index is 0.0346. The zero-order chi connectivity index (χ0) is 23.9. The van der Waals surface area contributed by atoms with E-state index < -0.39 is 10.1 Å². The fourth-order valence-corrected chi connectivity index (χ4v) is 5.17. The predicted molar refractivity (Wildman–Crippen MR) is 136 cm³/mol. The van der Waals surface area contributed by atoms with Crippen LogP contribution in [0.1, 0.15) is 136 Å². The maximum atomic E-state index is 11.8. The smallest absolute Gasteiger partial charge is 0.288 e. The molecule has 0 aliphatic carbocycles. The molecule has 0 aromatic heterocycles. The van der Waals surface area contributed by atoms with Crippen molar-refractivity contribution in [3.63, 3.8) is 0 Å². The molecule has 0 saturated carbocycles. The van der Waals surface area contributed by atoms with Gasteiger partial charge in [0.1, 0.15) is 0 Å². The molecular weight excluding hydrogens is 422 g/mol. The van der Waals surface area contributed by atoms with Crippen LogP contribution in [0.3, 0.4) is 0 Å². The summed E-state index contributed by atoms with van der Waals surface area (Å²) in [5.41, 5.74) is 1.95. The van der Waals surface area contributed by atoms with Crippen molar-refractivity contribution >= 4 is 16.4 Å². The number of nitrogens with one attached hydrogen (secondary N) is 1. The van der Waals surface area contributed by atoms with Crippen molar-refractivity contribution in [3.8, 4) is 0 Å². The third kappa shape index (κ3) is 22.3. The lowest BCUT2D eigenvalue weighted by Crippen LogP contribution is -2.24. The molecule has 190 valence electrons. The Hall–Kier alpha value is -0.880. The zero-order valence-electron chi connectivity index (χ0n) is 21.0. The summed E-state index contributed by atoms with van der Waals surface area (Å²) in [7, 11) is -3.69. The lowest BCUT2D eigenvalue weighted by Gasteiger charge is -2.12. The van der Waals surface area contributed by atoms with E-state index in [-0.39, 0.29) is 17.4 Å². The molecule has 0 heterocycles. The van der Waals surface area contributed by atoms with Crippen molar-refractivity contribution in [1.29, 1.82) is 0 Å². The topological polar surface area (TPSA) is 72.5 Å². The number of hydroxylamine groups is 1. The number of unbranched alkanes of at least 4 members (excludes halogenated alkanes) is 17. The summed E-state index contributed by atoms with van der Waals surface area (Å²) in [4.78, 5) is 10.4. The maximum absolute atomic E-state index is 11.8. The average Bonchev–Trinajstić information content (AvgIpc) is 2.76. The molecule has 0 amide bonds. The molecule has 0 fully saturated rings. The van der Waals surface area contributed by atoms with E-state index in [2.05, 4.69) is 23.3 Å². The predicted octanol–water partition coefficient (Wildman–Crippen LogP) is 7.62. The van der Waals surface area contributed by atoms with Crippen LogP contribution >= 0.6 is 0 Å². The first kappa shape index (κ1) is 31.1. The van der Waals surface area contributed by atoms with Crippen molar-refractivity contribution < 1.29 is 17.5 Å². The molecule has 1 atom stereocenters. The van der Waals surface area contributed by atoms with E-state index >= 15 is 0 Å². The molecule has 1 unspecified atom stereocenters. The summed E-state index contributed by atoms with van der Waals surface area (Å²) in [6.45, 7) is 7.51. The second kappa shape index (κ2) is 21.9. The lowest BCUT2D eigenvalue weighted by atomic mass is 10.0. The van der Waals surface area contributed by atoms with Crippen molar-refractivity contribution in [3.05, 3.63) is 12.3 Å². The van der Waals surface area contributed by atoms with Crippen molar-refractivity contribution in [2.24, 2.45) is 5.92 Å². The van der Waals surface area contributed by atoms with Crippen LogP contribution in [0.2, 0.25) is 0 Å². The lowest BCUT2D eigenvalue weighted by molar-refractivity contribution is -0.105. The van der Waals surface area contributed by atoms with Gasteiger partial charge in [0, 0.05) is 0 Å². The van der Waals surface area contributed by atoms with Gasteiger partial charge in [-0.3, -0.25) is 4.79 Å². The first-order chi connectivity index (χ1) is 15.4. The first-order valence-corrected chi connectivity index (χ1v) is 14.8. The van der Waals surface area contributed by atoms with Crippen molar-refractivity contribution in [1.82, 2.24) is 5.48 Å². The van der Waals surface area contributed by atoms with Gasteiger partial charge >= 0.3 is 0 Å². The van der Waals surface area contributed by atoms with E-state index in [1.807, 2.05) is 6.92 Å².